The third-order valence-corrected chi connectivity index (χ3v) is 4.43. The number of anilines is 2. The van der Waals surface area contributed by atoms with Crippen LogP contribution in [-0.2, 0) is 11.2 Å². The number of nitro benzene ring substituents is 1. The standard InChI is InChI=1S/C14H19N3O3S/c1-3-21-8-9(2)15-12-6-10-4-5-14(18)16-11(10)7-13(12)17(19)20/h6-7,9,15H,3-5,8H2,1-2H3,(H,16,18). The number of carbonyl (C=O) groups is 1. The molecule has 2 rings (SSSR count). The zero-order chi connectivity index (χ0) is 15.4. The first-order valence-electron chi connectivity index (χ1n) is 6.96. The van der Waals surface area contributed by atoms with Gasteiger partial charge in [0.15, 0.2) is 0 Å². The number of hydrogen-bond donors (Lipinski definition) is 2. The van der Waals surface area contributed by atoms with Crippen LogP contribution in [-0.4, -0.2) is 28.4 Å². The number of aryl methyl sites for hydroxylation is 1. The largest absolute Gasteiger partial charge is 0.376 e. The summed E-state index contributed by atoms with van der Waals surface area (Å²) in [7, 11) is 0. The number of rotatable bonds is 6. The molecule has 0 spiro atoms. The number of nitrogens with zero attached hydrogens (tertiary/aromatic N) is 1. The number of nitrogens with one attached hydrogen (secondary N) is 2. The molecule has 114 valence electrons. The molecule has 1 heterocycles. The van der Waals surface area contributed by atoms with Crippen LogP contribution in [0.25, 0.3) is 0 Å². The molecule has 0 aliphatic carbocycles. The Morgan fingerprint density at radius 3 is 2.90 bits per heavy atom. The van der Waals surface area contributed by atoms with Crippen LogP contribution in [0.5, 0.6) is 0 Å². The van der Waals surface area contributed by atoms with Gasteiger partial charge in [-0.25, -0.2) is 0 Å². The van der Waals surface area contributed by atoms with E-state index in [2.05, 4.69) is 17.6 Å². The lowest BCUT2D eigenvalue weighted by Crippen LogP contribution is -2.22. The monoisotopic (exact) mass is 309 g/mol. The second-order valence-electron chi connectivity index (χ2n) is 5.04. The van der Waals surface area contributed by atoms with Gasteiger partial charge >= 0.3 is 0 Å². The molecule has 0 aromatic heterocycles. The zero-order valence-electron chi connectivity index (χ0n) is 12.1. The van der Waals surface area contributed by atoms with Crippen molar-refractivity contribution in [1.82, 2.24) is 0 Å². The Hall–Kier alpha value is -1.76. The molecule has 1 aliphatic rings. The minimum Gasteiger partial charge on any atom is -0.376 e. The van der Waals surface area contributed by atoms with Crippen molar-refractivity contribution in [3.05, 3.63) is 27.8 Å². The van der Waals surface area contributed by atoms with Crippen LogP contribution in [0, 0.1) is 10.1 Å². The van der Waals surface area contributed by atoms with Gasteiger partial charge in [0.2, 0.25) is 5.91 Å². The normalized spacial score (nSPS) is 15.0. The molecule has 1 aromatic rings. The zero-order valence-corrected chi connectivity index (χ0v) is 13.0. The van der Waals surface area contributed by atoms with Crippen LogP contribution in [0.4, 0.5) is 17.1 Å². The minimum atomic E-state index is -0.414. The van der Waals surface area contributed by atoms with E-state index < -0.39 is 4.92 Å². The first-order valence-corrected chi connectivity index (χ1v) is 8.12. The summed E-state index contributed by atoms with van der Waals surface area (Å²) in [5.41, 5.74) is 2.03. The maximum atomic E-state index is 11.4. The van der Waals surface area contributed by atoms with Crippen LogP contribution < -0.4 is 10.6 Å². The number of hydrogen-bond acceptors (Lipinski definition) is 5. The Labute approximate surface area is 127 Å². The van der Waals surface area contributed by atoms with Gasteiger partial charge in [0.05, 0.1) is 10.6 Å². The Morgan fingerprint density at radius 1 is 1.48 bits per heavy atom. The van der Waals surface area contributed by atoms with E-state index in [1.165, 1.54) is 6.07 Å². The molecule has 0 radical (unpaired) electrons. The first kappa shape index (κ1) is 15.6. The number of amides is 1. The summed E-state index contributed by atoms with van der Waals surface area (Å²) in [5, 5.41) is 17.1. The molecule has 1 atom stereocenters. The molecule has 21 heavy (non-hydrogen) atoms. The Kier molecular flexibility index (Phi) is 5.06. The van der Waals surface area contributed by atoms with Gasteiger partial charge < -0.3 is 10.6 Å². The molecule has 1 aliphatic heterocycles. The second kappa shape index (κ2) is 6.80. The fourth-order valence-corrected chi connectivity index (χ4v) is 2.96. The summed E-state index contributed by atoms with van der Waals surface area (Å²) in [6.45, 7) is 4.09. The lowest BCUT2D eigenvalue weighted by Gasteiger charge is -2.20. The van der Waals surface area contributed by atoms with Crippen LogP contribution >= 0.6 is 11.8 Å². The molecular formula is C14H19N3O3S. The highest BCUT2D eigenvalue weighted by molar-refractivity contribution is 7.99. The van der Waals surface area contributed by atoms with Crippen molar-refractivity contribution >= 4 is 34.7 Å². The molecule has 1 unspecified atom stereocenters. The lowest BCUT2D eigenvalue weighted by molar-refractivity contribution is -0.383. The molecule has 0 saturated heterocycles. The molecule has 1 amide bonds. The topological polar surface area (TPSA) is 84.3 Å². The van der Waals surface area contributed by atoms with Crippen molar-refractivity contribution < 1.29 is 9.72 Å². The molecule has 7 heteroatoms. The van der Waals surface area contributed by atoms with Gasteiger partial charge in [0.1, 0.15) is 5.69 Å². The number of thioether (sulfide) groups is 1. The van der Waals surface area contributed by atoms with Crippen molar-refractivity contribution in [2.75, 3.05) is 22.1 Å². The highest BCUT2D eigenvalue weighted by Gasteiger charge is 2.23. The summed E-state index contributed by atoms with van der Waals surface area (Å²) in [6.07, 6.45) is 1.04. The van der Waals surface area contributed by atoms with E-state index in [0.29, 0.717) is 24.2 Å². The summed E-state index contributed by atoms with van der Waals surface area (Å²) in [6, 6.07) is 3.39. The van der Waals surface area contributed by atoms with E-state index in [1.807, 2.05) is 6.92 Å². The van der Waals surface area contributed by atoms with Crippen molar-refractivity contribution in [3.63, 3.8) is 0 Å². The Balaban J connectivity index is 2.27. The predicted octanol–water partition coefficient (Wildman–Crippen LogP) is 3.03. The highest BCUT2D eigenvalue weighted by Crippen LogP contribution is 2.34. The predicted molar refractivity (Wildman–Crippen MR) is 86.1 cm³/mol. The second-order valence-corrected chi connectivity index (χ2v) is 6.36. The summed E-state index contributed by atoms with van der Waals surface area (Å²) >= 11 is 1.79. The number of nitro groups is 1. The highest BCUT2D eigenvalue weighted by atomic mass is 32.2. The smallest absolute Gasteiger partial charge is 0.294 e. The van der Waals surface area contributed by atoms with Gasteiger partial charge in [-0.2, -0.15) is 11.8 Å². The number of fused-ring (bicyclic) bond motifs is 1. The molecule has 1 aromatic carbocycles. The summed E-state index contributed by atoms with van der Waals surface area (Å²) in [4.78, 5) is 22.2. The fourth-order valence-electron chi connectivity index (χ4n) is 2.29. The third kappa shape index (κ3) is 3.87. The summed E-state index contributed by atoms with van der Waals surface area (Å²) < 4.78 is 0. The SMILES string of the molecule is CCSCC(C)Nc1cc2c(cc1[N+](=O)[O-])NC(=O)CC2. The van der Waals surface area contributed by atoms with Gasteiger partial charge in [-0.05, 0) is 30.7 Å². The van der Waals surface area contributed by atoms with Crippen molar-refractivity contribution in [2.24, 2.45) is 0 Å². The number of benzene rings is 1. The van der Waals surface area contributed by atoms with Gasteiger partial charge in [-0.1, -0.05) is 6.92 Å². The van der Waals surface area contributed by atoms with Gasteiger partial charge in [0.25, 0.3) is 5.69 Å². The molecule has 0 bridgehead atoms. The van der Waals surface area contributed by atoms with Crippen molar-refractivity contribution in [1.29, 1.82) is 0 Å². The third-order valence-electron chi connectivity index (χ3n) is 3.29. The molecule has 2 N–H and O–H groups in total. The van der Waals surface area contributed by atoms with E-state index in [-0.39, 0.29) is 17.6 Å². The van der Waals surface area contributed by atoms with Crippen LogP contribution in [0.15, 0.2) is 12.1 Å². The fraction of sp³-hybridized carbons (Fsp3) is 0.500. The summed E-state index contributed by atoms with van der Waals surface area (Å²) in [5.74, 6) is 1.82. The maximum Gasteiger partial charge on any atom is 0.294 e. The van der Waals surface area contributed by atoms with Crippen LogP contribution in [0.2, 0.25) is 0 Å². The molecule has 6 nitrogen and oxygen atoms in total. The van der Waals surface area contributed by atoms with E-state index >= 15 is 0 Å². The van der Waals surface area contributed by atoms with Crippen molar-refractivity contribution in [3.8, 4) is 0 Å². The molecule has 0 saturated carbocycles. The van der Waals surface area contributed by atoms with Crippen LogP contribution in [0.3, 0.4) is 0 Å². The van der Waals surface area contributed by atoms with Gasteiger partial charge in [0, 0.05) is 24.3 Å². The van der Waals surface area contributed by atoms with Gasteiger partial charge in [-0.15, -0.1) is 0 Å². The van der Waals surface area contributed by atoms with E-state index in [9.17, 15) is 14.9 Å². The van der Waals surface area contributed by atoms with Crippen molar-refractivity contribution in [2.45, 2.75) is 32.7 Å². The van der Waals surface area contributed by atoms with E-state index in [0.717, 1.165) is 17.1 Å². The van der Waals surface area contributed by atoms with Gasteiger partial charge in [-0.3, -0.25) is 14.9 Å². The Morgan fingerprint density at radius 2 is 2.24 bits per heavy atom. The molecule has 0 fully saturated rings. The average Bonchev–Trinajstić information content (AvgIpc) is 2.44. The molecular weight excluding hydrogens is 290 g/mol. The van der Waals surface area contributed by atoms with E-state index in [1.54, 1.807) is 17.8 Å². The Bertz CT molecular complexity index is 563. The minimum absolute atomic E-state index is 0.00398. The van der Waals surface area contributed by atoms with E-state index in [4.69, 9.17) is 0 Å². The number of carbonyl (C=O) groups excluding carboxylic acids is 1. The average molecular weight is 309 g/mol. The lowest BCUT2D eigenvalue weighted by atomic mass is 10.0. The van der Waals surface area contributed by atoms with Crippen LogP contribution in [0.1, 0.15) is 25.8 Å². The first-order chi connectivity index (χ1) is 10.0. The maximum absolute atomic E-state index is 11.4. The quantitative estimate of drug-likeness (QED) is 0.623.